The summed E-state index contributed by atoms with van der Waals surface area (Å²) in [7, 11) is 0. The zero-order chi connectivity index (χ0) is 16.4. The molecule has 1 aromatic heterocycles. The molecule has 0 radical (unpaired) electrons. The molecule has 1 fully saturated rings. The van der Waals surface area contributed by atoms with Gasteiger partial charge in [0, 0.05) is 32.7 Å². The molecule has 3 N–H and O–H groups in total. The van der Waals surface area contributed by atoms with Crippen molar-refractivity contribution >= 4 is 26.8 Å². The topological polar surface area (TPSA) is 24.7 Å². The number of piperazine rings is 1. The van der Waals surface area contributed by atoms with Gasteiger partial charge < -0.3 is 14.8 Å². The van der Waals surface area contributed by atoms with Crippen LogP contribution in [0.4, 0.5) is 0 Å². The second kappa shape index (κ2) is 7.09. The van der Waals surface area contributed by atoms with Gasteiger partial charge in [-0.25, -0.2) is 0 Å². The van der Waals surface area contributed by atoms with E-state index in [4.69, 9.17) is 0 Å². The van der Waals surface area contributed by atoms with Gasteiger partial charge in [-0.1, -0.05) is 52.3 Å². The van der Waals surface area contributed by atoms with Crippen LogP contribution >= 0.6 is 15.9 Å². The zero-order valence-corrected chi connectivity index (χ0v) is 15.4. The van der Waals surface area contributed by atoms with Crippen molar-refractivity contribution < 1.29 is 9.80 Å². The molecule has 4 rings (SSSR count). The third kappa shape index (κ3) is 3.41. The van der Waals surface area contributed by atoms with Crippen molar-refractivity contribution in [1.82, 2.24) is 4.98 Å². The van der Waals surface area contributed by atoms with Crippen molar-refractivity contribution in [2.75, 3.05) is 26.2 Å². The Labute approximate surface area is 151 Å². The van der Waals surface area contributed by atoms with Gasteiger partial charge in [0.1, 0.15) is 39.3 Å². The van der Waals surface area contributed by atoms with Crippen molar-refractivity contribution in [2.24, 2.45) is 0 Å². The molecule has 3 nitrogen and oxygen atoms in total. The second-order valence-corrected chi connectivity index (χ2v) is 7.66. The van der Waals surface area contributed by atoms with Gasteiger partial charge in [-0.2, -0.15) is 0 Å². The number of fused-ring (bicyclic) bond motifs is 1. The molecule has 4 heteroatoms. The van der Waals surface area contributed by atoms with Crippen molar-refractivity contribution in [1.29, 1.82) is 0 Å². The number of hydrogen-bond acceptors (Lipinski definition) is 0. The van der Waals surface area contributed by atoms with E-state index in [-0.39, 0.29) is 0 Å². The highest BCUT2D eigenvalue weighted by molar-refractivity contribution is 9.10. The van der Waals surface area contributed by atoms with E-state index in [2.05, 4.69) is 75.6 Å². The summed E-state index contributed by atoms with van der Waals surface area (Å²) in [6.45, 7) is 7.25. The summed E-state index contributed by atoms with van der Waals surface area (Å²) in [6, 6.07) is 17.2. The van der Waals surface area contributed by atoms with Crippen LogP contribution in [0.5, 0.6) is 0 Å². The van der Waals surface area contributed by atoms with Crippen LogP contribution in [-0.2, 0) is 13.1 Å². The van der Waals surface area contributed by atoms with Gasteiger partial charge in [0.25, 0.3) is 0 Å². The monoisotopic (exact) mass is 385 g/mol. The summed E-state index contributed by atoms with van der Waals surface area (Å²) in [5.74, 6) is 0. The highest BCUT2D eigenvalue weighted by Gasteiger charge is 2.24. The molecule has 0 spiro atoms. The number of H-pyrrole nitrogens is 1. The Morgan fingerprint density at radius 3 is 2.17 bits per heavy atom. The SMILES string of the molecule is Brc1ccccc1C[NH+]1CC[NH+](Cc2c[nH]c3ccccc23)CC1. The summed E-state index contributed by atoms with van der Waals surface area (Å²) >= 11 is 3.68. The van der Waals surface area contributed by atoms with Crippen molar-refractivity contribution in [2.45, 2.75) is 13.1 Å². The lowest BCUT2D eigenvalue weighted by Gasteiger charge is -2.29. The van der Waals surface area contributed by atoms with Crippen LogP contribution in [0.2, 0.25) is 0 Å². The lowest BCUT2D eigenvalue weighted by molar-refractivity contribution is -1.02. The van der Waals surface area contributed by atoms with Crippen LogP contribution in [0.15, 0.2) is 59.2 Å². The second-order valence-electron chi connectivity index (χ2n) is 6.80. The fourth-order valence-electron chi connectivity index (χ4n) is 3.77. The van der Waals surface area contributed by atoms with Gasteiger partial charge in [0.05, 0.1) is 0 Å². The van der Waals surface area contributed by atoms with E-state index in [9.17, 15) is 0 Å². The smallest absolute Gasteiger partial charge is 0.127 e. The highest BCUT2D eigenvalue weighted by atomic mass is 79.9. The average Bonchev–Trinajstić information content (AvgIpc) is 3.02. The number of para-hydroxylation sites is 1. The Morgan fingerprint density at radius 1 is 0.792 bits per heavy atom. The Bertz CT molecular complexity index is 818. The molecule has 24 heavy (non-hydrogen) atoms. The van der Waals surface area contributed by atoms with Crippen molar-refractivity contribution in [3.05, 3.63) is 70.3 Å². The molecule has 3 aromatic rings. The number of aromatic nitrogens is 1. The predicted octanol–water partition coefficient (Wildman–Crippen LogP) is 1.41. The van der Waals surface area contributed by atoms with E-state index < -0.39 is 0 Å². The standard InChI is InChI=1S/C20H22BrN3/c21-19-7-3-1-5-16(19)14-23-9-11-24(12-10-23)15-17-13-22-20-8-4-2-6-18(17)20/h1-8,13,22H,9-12,14-15H2/p+2. The average molecular weight is 386 g/mol. The maximum atomic E-state index is 3.68. The fraction of sp³-hybridized carbons (Fsp3) is 0.300. The first kappa shape index (κ1) is 15.9. The minimum atomic E-state index is 1.13. The molecule has 0 amide bonds. The fourth-order valence-corrected chi connectivity index (χ4v) is 4.19. The number of nitrogens with one attached hydrogen (secondary N) is 3. The first-order chi connectivity index (χ1) is 11.8. The Balaban J connectivity index is 1.35. The molecule has 1 saturated heterocycles. The first-order valence-electron chi connectivity index (χ1n) is 8.75. The van der Waals surface area contributed by atoms with Gasteiger partial charge in [-0.3, -0.25) is 0 Å². The van der Waals surface area contributed by atoms with E-state index >= 15 is 0 Å². The molecule has 1 aliphatic heterocycles. The van der Waals surface area contributed by atoms with Crippen LogP contribution in [0.25, 0.3) is 10.9 Å². The number of hydrogen-bond donors (Lipinski definition) is 3. The first-order valence-corrected chi connectivity index (χ1v) is 9.54. The van der Waals surface area contributed by atoms with Crippen molar-refractivity contribution in [3.63, 3.8) is 0 Å². The minimum absolute atomic E-state index is 1.13. The number of aromatic amines is 1. The van der Waals surface area contributed by atoms with Crippen molar-refractivity contribution in [3.8, 4) is 0 Å². The summed E-state index contributed by atoms with van der Waals surface area (Å²) in [5.41, 5.74) is 4.13. The molecule has 0 saturated carbocycles. The number of quaternary nitrogens is 2. The Morgan fingerprint density at radius 2 is 1.42 bits per heavy atom. The molecule has 2 aromatic carbocycles. The molecule has 0 aliphatic carbocycles. The lowest BCUT2D eigenvalue weighted by atomic mass is 10.1. The maximum absolute atomic E-state index is 3.68. The molecule has 124 valence electrons. The van der Waals surface area contributed by atoms with Crippen LogP contribution in [-0.4, -0.2) is 31.2 Å². The summed E-state index contributed by atoms with van der Waals surface area (Å²) in [6.07, 6.45) is 2.19. The summed E-state index contributed by atoms with van der Waals surface area (Å²) < 4.78 is 1.24. The van der Waals surface area contributed by atoms with E-state index in [1.165, 1.54) is 52.7 Å². The third-order valence-electron chi connectivity index (χ3n) is 5.18. The van der Waals surface area contributed by atoms with Crippen LogP contribution < -0.4 is 9.80 Å². The van der Waals surface area contributed by atoms with Gasteiger partial charge in [-0.15, -0.1) is 0 Å². The minimum Gasteiger partial charge on any atom is -0.361 e. The predicted molar refractivity (Wildman–Crippen MR) is 101 cm³/mol. The molecular weight excluding hydrogens is 362 g/mol. The molecule has 0 bridgehead atoms. The third-order valence-corrected chi connectivity index (χ3v) is 5.95. The van der Waals surface area contributed by atoms with Crippen LogP contribution in [0.3, 0.4) is 0 Å². The lowest BCUT2D eigenvalue weighted by Crippen LogP contribution is -3.27. The largest absolute Gasteiger partial charge is 0.361 e. The molecule has 2 heterocycles. The number of halogens is 1. The number of rotatable bonds is 4. The van der Waals surface area contributed by atoms with Gasteiger partial charge in [0.2, 0.25) is 0 Å². The van der Waals surface area contributed by atoms with Gasteiger partial charge >= 0.3 is 0 Å². The Hall–Kier alpha value is -1.62. The maximum Gasteiger partial charge on any atom is 0.127 e. The molecular formula is C20H24BrN3+2. The van der Waals surface area contributed by atoms with E-state index in [0.29, 0.717) is 0 Å². The number of benzene rings is 2. The van der Waals surface area contributed by atoms with Gasteiger partial charge in [-0.05, 0) is 12.1 Å². The molecule has 0 unspecified atom stereocenters. The summed E-state index contributed by atoms with van der Waals surface area (Å²) in [4.78, 5) is 6.80. The quantitative estimate of drug-likeness (QED) is 0.605. The molecule has 1 aliphatic rings. The van der Waals surface area contributed by atoms with Crippen LogP contribution in [0.1, 0.15) is 11.1 Å². The molecule has 0 atom stereocenters. The van der Waals surface area contributed by atoms with E-state index in [1.54, 1.807) is 9.80 Å². The summed E-state index contributed by atoms with van der Waals surface area (Å²) in [5, 5.41) is 1.38. The van der Waals surface area contributed by atoms with Gasteiger partial charge in [0.15, 0.2) is 0 Å². The van der Waals surface area contributed by atoms with Crippen LogP contribution in [0, 0.1) is 0 Å². The van der Waals surface area contributed by atoms with E-state index in [1.807, 2.05) is 0 Å². The zero-order valence-electron chi connectivity index (χ0n) is 13.8. The normalized spacial score (nSPS) is 21.2. The highest BCUT2D eigenvalue weighted by Crippen LogP contribution is 2.16. The van der Waals surface area contributed by atoms with E-state index in [0.717, 1.165) is 13.1 Å². The Kier molecular flexibility index (Phi) is 4.69.